The molecule has 0 N–H and O–H groups in total. The summed E-state index contributed by atoms with van der Waals surface area (Å²) < 4.78 is 0. The molecule has 3 rings (SSSR count). The van der Waals surface area contributed by atoms with Gasteiger partial charge in [-0.05, 0) is 43.3 Å². The summed E-state index contributed by atoms with van der Waals surface area (Å²) in [6.07, 6.45) is 3.38. The van der Waals surface area contributed by atoms with E-state index in [1.165, 1.54) is 11.8 Å². The van der Waals surface area contributed by atoms with Crippen LogP contribution >= 0.6 is 11.8 Å². The Morgan fingerprint density at radius 2 is 1.96 bits per heavy atom. The third kappa shape index (κ3) is 4.03. The van der Waals surface area contributed by atoms with Crippen molar-refractivity contribution in [2.75, 3.05) is 23.7 Å². The summed E-state index contributed by atoms with van der Waals surface area (Å²) in [5.74, 6) is 0.126. The maximum Gasteiger partial charge on any atom is 0.246 e. The van der Waals surface area contributed by atoms with E-state index in [9.17, 15) is 9.59 Å². The molecule has 26 heavy (non-hydrogen) atoms. The number of thioether (sulfide) groups is 1. The first kappa shape index (κ1) is 18.0. The predicted octanol–water partition coefficient (Wildman–Crippen LogP) is 2.31. The van der Waals surface area contributed by atoms with Crippen molar-refractivity contribution in [3.63, 3.8) is 0 Å². The van der Waals surface area contributed by atoms with Gasteiger partial charge in [0.1, 0.15) is 6.54 Å². The van der Waals surface area contributed by atoms with Gasteiger partial charge in [0.25, 0.3) is 0 Å². The molecule has 0 saturated carbocycles. The van der Waals surface area contributed by atoms with Crippen LogP contribution in [0.25, 0.3) is 0 Å². The molecule has 0 aliphatic carbocycles. The zero-order valence-corrected chi connectivity index (χ0v) is 15.1. The number of anilines is 1. The molecule has 1 aliphatic rings. The monoisotopic (exact) mass is 366 g/mol. The molecule has 6 nitrogen and oxygen atoms in total. The maximum absolute atomic E-state index is 12.5. The molecule has 1 aromatic heterocycles. The molecule has 2 amide bonds. The molecule has 0 bridgehead atoms. The number of rotatable bonds is 4. The van der Waals surface area contributed by atoms with Crippen LogP contribution in [-0.2, 0) is 9.59 Å². The molecule has 1 fully saturated rings. The molecular formula is C19H18N4O2S. The van der Waals surface area contributed by atoms with E-state index in [0.29, 0.717) is 17.9 Å². The first-order valence-electron chi connectivity index (χ1n) is 8.21. The molecule has 0 radical (unpaired) electrons. The maximum atomic E-state index is 12.5. The minimum atomic E-state index is -0.116. The second-order valence-corrected chi connectivity index (χ2v) is 7.05. The number of carbonyl (C=O) groups is 2. The number of hydrogen-bond acceptors (Lipinski definition) is 5. The van der Waals surface area contributed by atoms with Crippen LogP contribution in [0.1, 0.15) is 12.5 Å². The first-order valence-corrected chi connectivity index (χ1v) is 9.20. The lowest BCUT2D eigenvalue weighted by atomic mass is 10.1. The summed E-state index contributed by atoms with van der Waals surface area (Å²) in [4.78, 5) is 33.3. The lowest BCUT2D eigenvalue weighted by Gasteiger charge is -2.39. The molecule has 2 heterocycles. The minimum absolute atomic E-state index is 0.0489. The summed E-state index contributed by atoms with van der Waals surface area (Å²) in [7, 11) is 0. The molecule has 1 aliphatic heterocycles. The summed E-state index contributed by atoms with van der Waals surface area (Å²) >= 11 is 1.44. The quantitative estimate of drug-likeness (QED) is 0.776. The van der Waals surface area contributed by atoms with Gasteiger partial charge in [0.2, 0.25) is 11.8 Å². The number of pyridine rings is 1. The number of hydrogen-bond donors (Lipinski definition) is 0. The third-order valence-electron chi connectivity index (χ3n) is 4.23. The van der Waals surface area contributed by atoms with E-state index >= 15 is 0 Å². The average Bonchev–Trinajstić information content (AvgIpc) is 2.68. The van der Waals surface area contributed by atoms with E-state index in [2.05, 4.69) is 11.1 Å². The Labute approximate surface area is 156 Å². The molecule has 1 atom stereocenters. The normalized spacial score (nSPS) is 17.1. The fourth-order valence-electron chi connectivity index (χ4n) is 2.81. The van der Waals surface area contributed by atoms with Crippen molar-refractivity contribution in [2.45, 2.75) is 17.9 Å². The van der Waals surface area contributed by atoms with Crippen LogP contribution < -0.4 is 4.90 Å². The molecule has 1 unspecified atom stereocenters. The van der Waals surface area contributed by atoms with Crippen LogP contribution in [0.15, 0.2) is 53.7 Å². The molecule has 2 aromatic rings. The van der Waals surface area contributed by atoms with E-state index in [1.54, 1.807) is 46.5 Å². The standard InChI is InChI=1S/C19H18N4O2S/c1-14-11-23(16-4-2-15(10-20)3-5-16)18(24)12-22(14)19(25)13-26-17-6-8-21-9-7-17/h2-9,14H,11-13H2,1H3. The Hall–Kier alpha value is -2.85. The van der Waals surface area contributed by atoms with E-state index in [-0.39, 0.29) is 24.4 Å². The average molecular weight is 366 g/mol. The first-order chi connectivity index (χ1) is 12.6. The van der Waals surface area contributed by atoms with Crippen molar-refractivity contribution < 1.29 is 9.59 Å². The second kappa shape index (κ2) is 8.02. The van der Waals surface area contributed by atoms with Crippen LogP contribution in [0.2, 0.25) is 0 Å². The number of nitriles is 1. The van der Waals surface area contributed by atoms with E-state index in [4.69, 9.17) is 5.26 Å². The van der Waals surface area contributed by atoms with Gasteiger partial charge in [0, 0.05) is 35.6 Å². The molecule has 1 aromatic carbocycles. The highest BCUT2D eigenvalue weighted by molar-refractivity contribution is 8.00. The highest BCUT2D eigenvalue weighted by Crippen LogP contribution is 2.22. The lowest BCUT2D eigenvalue weighted by molar-refractivity contribution is -0.137. The van der Waals surface area contributed by atoms with Crippen molar-refractivity contribution in [3.8, 4) is 6.07 Å². The van der Waals surface area contributed by atoms with Crippen LogP contribution in [0.5, 0.6) is 0 Å². The van der Waals surface area contributed by atoms with Crippen LogP contribution in [-0.4, -0.2) is 46.6 Å². The number of amides is 2. The van der Waals surface area contributed by atoms with Gasteiger partial charge < -0.3 is 9.80 Å². The summed E-state index contributed by atoms with van der Waals surface area (Å²) in [5.41, 5.74) is 1.30. The highest BCUT2D eigenvalue weighted by atomic mass is 32.2. The number of aromatic nitrogens is 1. The van der Waals surface area contributed by atoms with E-state index in [1.807, 2.05) is 19.1 Å². The van der Waals surface area contributed by atoms with Gasteiger partial charge >= 0.3 is 0 Å². The number of piperazine rings is 1. The Bertz CT molecular complexity index is 833. The zero-order valence-electron chi connectivity index (χ0n) is 14.3. The van der Waals surface area contributed by atoms with E-state index < -0.39 is 0 Å². The van der Waals surface area contributed by atoms with Gasteiger partial charge in [-0.15, -0.1) is 11.8 Å². The van der Waals surface area contributed by atoms with Gasteiger partial charge in [0.15, 0.2) is 0 Å². The Morgan fingerprint density at radius 1 is 1.27 bits per heavy atom. The van der Waals surface area contributed by atoms with Crippen molar-refractivity contribution >= 4 is 29.3 Å². The highest BCUT2D eigenvalue weighted by Gasteiger charge is 2.33. The number of nitrogens with zero attached hydrogens (tertiary/aromatic N) is 4. The minimum Gasteiger partial charge on any atom is -0.328 e. The third-order valence-corrected chi connectivity index (χ3v) is 5.22. The molecular weight excluding hydrogens is 348 g/mol. The van der Waals surface area contributed by atoms with Crippen molar-refractivity contribution in [3.05, 3.63) is 54.4 Å². The fraction of sp³-hybridized carbons (Fsp3) is 0.263. The van der Waals surface area contributed by atoms with E-state index in [0.717, 1.165) is 10.6 Å². The molecule has 0 spiro atoms. The summed E-state index contributed by atoms with van der Waals surface area (Å²) in [5, 5.41) is 8.88. The molecule has 132 valence electrons. The van der Waals surface area contributed by atoms with Gasteiger partial charge in [-0.25, -0.2) is 0 Å². The second-order valence-electron chi connectivity index (χ2n) is 6.01. The number of benzene rings is 1. The van der Waals surface area contributed by atoms with Crippen molar-refractivity contribution in [1.29, 1.82) is 5.26 Å². The smallest absolute Gasteiger partial charge is 0.246 e. The zero-order chi connectivity index (χ0) is 18.5. The predicted molar refractivity (Wildman–Crippen MR) is 99.6 cm³/mol. The van der Waals surface area contributed by atoms with Crippen LogP contribution in [0.4, 0.5) is 5.69 Å². The lowest BCUT2D eigenvalue weighted by Crippen LogP contribution is -2.57. The fourth-order valence-corrected chi connectivity index (χ4v) is 3.58. The summed E-state index contributed by atoms with van der Waals surface area (Å²) in [6, 6.07) is 12.6. The Kier molecular flexibility index (Phi) is 5.54. The van der Waals surface area contributed by atoms with Gasteiger partial charge in [-0.3, -0.25) is 14.6 Å². The summed E-state index contributed by atoms with van der Waals surface area (Å²) in [6.45, 7) is 2.45. The van der Waals surface area contributed by atoms with Crippen molar-refractivity contribution in [2.24, 2.45) is 0 Å². The Morgan fingerprint density at radius 3 is 2.62 bits per heavy atom. The van der Waals surface area contributed by atoms with Crippen LogP contribution in [0.3, 0.4) is 0 Å². The van der Waals surface area contributed by atoms with Crippen molar-refractivity contribution in [1.82, 2.24) is 9.88 Å². The topological polar surface area (TPSA) is 77.3 Å². The van der Waals surface area contributed by atoms with Gasteiger partial charge in [-0.1, -0.05) is 0 Å². The van der Waals surface area contributed by atoms with Crippen LogP contribution in [0, 0.1) is 11.3 Å². The largest absolute Gasteiger partial charge is 0.328 e. The molecule has 7 heteroatoms. The van der Waals surface area contributed by atoms with Gasteiger partial charge in [0.05, 0.1) is 17.4 Å². The SMILES string of the molecule is CC1CN(c2ccc(C#N)cc2)C(=O)CN1C(=O)CSc1ccncc1. The number of carbonyl (C=O) groups excluding carboxylic acids is 2. The Balaban J connectivity index is 1.63. The molecule has 1 saturated heterocycles. The van der Waals surface area contributed by atoms with Gasteiger partial charge in [-0.2, -0.15) is 5.26 Å².